The molecule has 0 amide bonds. The summed E-state index contributed by atoms with van der Waals surface area (Å²) >= 11 is 0. The normalized spacial score (nSPS) is 23.6. The number of ether oxygens (including phenoxy) is 1. The van der Waals surface area contributed by atoms with Crippen LogP contribution in [0.3, 0.4) is 0 Å². The summed E-state index contributed by atoms with van der Waals surface area (Å²) < 4.78 is 4.87. The molecule has 0 atom stereocenters. The van der Waals surface area contributed by atoms with E-state index >= 15 is 0 Å². The Kier molecular flexibility index (Phi) is 1.03. The monoisotopic (exact) mass is 113 g/mol. The molecule has 2 heteroatoms. The number of aliphatic imine (C=N–C) groups is 1. The fourth-order valence-electron chi connectivity index (χ4n) is 0.813. The minimum Gasteiger partial charge on any atom is -0.484 e. The van der Waals surface area contributed by atoms with Gasteiger partial charge in [-0.05, 0) is 13.8 Å². The summed E-state index contributed by atoms with van der Waals surface area (Å²) in [5.41, 5.74) is 0.158. The maximum atomic E-state index is 4.87. The van der Waals surface area contributed by atoms with E-state index in [1.807, 2.05) is 0 Å². The Morgan fingerprint density at radius 1 is 1.62 bits per heavy atom. The smallest absolute Gasteiger partial charge is 0.185 e. The Morgan fingerprint density at radius 2 is 2.12 bits per heavy atom. The van der Waals surface area contributed by atoms with Crippen molar-refractivity contribution in [3.63, 3.8) is 0 Å². The van der Waals surface area contributed by atoms with Crippen molar-refractivity contribution >= 4 is 5.90 Å². The van der Waals surface area contributed by atoms with Crippen molar-refractivity contribution in [2.75, 3.05) is 7.11 Å². The first-order valence-electron chi connectivity index (χ1n) is 2.77. The summed E-state index contributed by atoms with van der Waals surface area (Å²) in [5.74, 6) is 0.884. The van der Waals surface area contributed by atoms with E-state index in [1.54, 1.807) is 7.11 Å². The summed E-state index contributed by atoms with van der Waals surface area (Å²) in [6.45, 7) is 4.19. The van der Waals surface area contributed by atoms with E-state index in [4.69, 9.17) is 4.74 Å². The number of rotatable bonds is 0. The molecule has 0 aromatic rings. The highest BCUT2D eigenvalue weighted by atomic mass is 16.5. The van der Waals surface area contributed by atoms with Crippen molar-refractivity contribution in [2.24, 2.45) is 4.99 Å². The fraction of sp³-hybridized carbons (Fsp3) is 0.833. The average Bonchev–Trinajstić information content (AvgIpc) is 1.60. The molecule has 0 unspecified atom stereocenters. The van der Waals surface area contributed by atoms with Crippen molar-refractivity contribution in [3.05, 3.63) is 0 Å². The second-order valence-electron chi connectivity index (χ2n) is 2.70. The van der Waals surface area contributed by atoms with E-state index in [0.717, 1.165) is 12.3 Å². The summed E-state index contributed by atoms with van der Waals surface area (Å²) in [4.78, 5) is 4.17. The molecule has 0 saturated carbocycles. The Balaban J connectivity index is 2.49. The van der Waals surface area contributed by atoms with Crippen molar-refractivity contribution in [1.82, 2.24) is 0 Å². The standard InChI is InChI=1S/C6H11NO/c1-6(2)4-5(7-6)8-3/h4H2,1-3H3. The zero-order chi connectivity index (χ0) is 6.20. The highest BCUT2D eigenvalue weighted by Crippen LogP contribution is 2.24. The number of nitrogens with zero attached hydrogens (tertiary/aromatic N) is 1. The quantitative estimate of drug-likeness (QED) is 0.462. The summed E-state index contributed by atoms with van der Waals surface area (Å²) in [5, 5.41) is 0. The van der Waals surface area contributed by atoms with Gasteiger partial charge in [-0.2, -0.15) is 0 Å². The SMILES string of the molecule is COC1=NC(C)(C)C1. The summed E-state index contributed by atoms with van der Waals surface area (Å²) in [7, 11) is 1.66. The van der Waals surface area contributed by atoms with Crippen LogP contribution in [-0.2, 0) is 4.74 Å². The minimum absolute atomic E-state index is 0.158. The molecule has 2 nitrogen and oxygen atoms in total. The molecular weight excluding hydrogens is 102 g/mol. The molecule has 1 aliphatic heterocycles. The Bertz CT molecular complexity index is 126. The zero-order valence-electron chi connectivity index (χ0n) is 5.56. The molecule has 0 bridgehead atoms. The molecule has 0 saturated heterocycles. The first kappa shape index (κ1) is 5.60. The third-order valence-electron chi connectivity index (χ3n) is 1.25. The van der Waals surface area contributed by atoms with Gasteiger partial charge in [0.2, 0.25) is 0 Å². The third-order valence-corrected chi connectivity index (χ3v) is 1.25. The largest absolute Gasteiger partial charge is 0.484 e. The van der Waals surface area contributed by atoms with Gasteiger partial charge in [0, 0.05) is 6.42 Å². The second-order valence-corrected chi connectivity index (χ2v) is 2.70. The summed E-state index contributed by atoms with van der Waals surface area (Å²) in [6.07, 6.45) is 0.990. The topological polar surface area (TPSA) is 21.6 Å². The van der Waals surface area contributed by atoms with Gasteiger partial charge in [-0.1, -0.05) is 0 Å². The zero-order valence-corrected chi connectivity index (χ0v) is 5.56. The highest BCUT2D eigenvalue weighted by Gasteiger charge is 2.29. The predicted molar refractivity (Wildman–Crippen MR) is 33.1 cm³/mol. The lowest BCUT2D eigenvalue weighted by atomic mass is 9.96. The molecule has 0 aromatic heterocycles. The van der Waals surface area contributed by atoms with Crippen LogP contribution in [0.4, 0.5) is 0 Å². The minimum atomic E-state index is 0.158. The van der Waals surface area contributed by atoms with Gasteiger partial charge >= 0.3 is 0 Å². The van der Waals surface area contributed by atoms with Crippen LogP contribution in [0.25, 0.3) is 0 Å². The van der Waals surface area contributed by atoms with Crippen molar-refractivity contribution in [3.8, 4) is 0 Å². The molecule has 0 aliphatic carbocycles. The van der Waals surface area contributed by atoms with E-state index in [2.05, 4.69) is 18.8 Å². The molecule has 0 spiro atoms. The molecule has 1 aliphatic rings. The van der Waals surface area contributed by atoms with Gasteiger partial charge < -0.3 is 4.74 Å². The molecule has 1 heterocycles. The van der Waals surface area contributed by atoms with Gasteiger partial charge in [0.05, 0.1) is 12.6 Å². The Hall–Kier alpha value is -0.530. The molecule has 0 radical (unpaired) electrons. The van der Waals surface area contributed by atoms with Crippen LogP contribution in [0.1, 0.15) is 20.3 Å². The van der Waals surface area contributed by atoms with Gasteiger partial charge in [-0.15, -0.1) is 0 Å². The molecule has 46 valence electrons. The maximum Gasteiger partial charge on any atom is 0.185 e. The van der Waals surface area contributed by atoms with E-state index in [-0.39, 0.29) is 5.54 Å². The number of methoxy groups -OCH3 is 1. The first-order chi connectivity index (χ1) is 3.64. The Labute approximate surface area is 49.6 Å². The lowest BCUT2D eigenvalue weighted by Gasteiger charge is -2.29. The lowest BCUT2D eigenvalue weighted by molar-refractivity contribution is 0.324. The van der Waals surface area contributed by atoms with Crippen LogP contribution < -0.4 is 0 Å². The highest BCUT2D eigenvalue weighted by molar-refractivity contribution is 5.82. The fourth-order valence-corrected chi connectivity index (χ4v) is 0.813. The summed E-state index contributed by atoms with van der Waals surface area (Å²) in [6, 6.07) is 0. The van der Waals surface area contributed by atoms with Gasteiger partial charge in [0.1, 0.15) is 0 Å². The van der Waals surface area contributed by atoms with E-state index < -0.39 is 0 Å². The van der Waals surface area contributed by atoms with Crippen LogP contribution in [0.2, 0.25) is 0 Å². The van der Waals surface area contributed by atoms with E-state index in [0.29, 0.717) is 0 Å². The van der Waals surface area contributed by atoms with Crippen LogP contribution in [0.5, 0.6) is 0 Å². The van der Waals surface area contributed by atoms with Crippen molar-refractivity contribution in [1.29, 1.82) is 0 Å². The van der Waals surface area contributed by atoms with E-state index in [9.17, 15) is 0 Å². The molecule has 8 heavy (non-hydrogen) atoms. The lowest BCUT2D eigenvalue weighted by Crippen LogP contribution is -2.33. The van der Waals surface area contributed by atoms with Crippen LogP contribution in [0.15, 0.2) is 4.99 Å². The number of hydrogen-bond acceptors (Lipinski definition) is 2. The molecule has 0 N–H and O–H groups in total. The number of hydrogen-bond donors (Lipinski definition) is 0. The van der Waals surface area contributed by atoms with Crippen LogP contribution >= 0.6 is 0 Å². The molecule has 0 aromatic carbocycles. The predicted octanol–water partition coefficient (Wildman–Crippen LogP) is 1.21. The van der Waals surface area contributed by atoms with E-state index in [1.165, 1.54) is 0 Å². The average molecular weight is 113 g/mol. The van der Waals surface area contributed by atoms with Crippen LogP contribution in [-0.4, -0.2) is 18.5 Å². The van der Waals surface area contributed by atoms with Crippen molar-refractivity contribution in [2.45, 2.75) is 25.8 Å². The van der Waals surface area contributed by atoms with Crippen molar-refractivity contribution < 1.29 is 4.74 Å². The molecular formula is C6H11NO. The third kappa shape index (κ3) is 0.831. The maximum absolute atomic E-state index is 4.87. The van der Waals surface area contributed by atoms with Gasteiger partial charge in [0.15, 0.2) is 5.90 Å². The van der Waals surface area contributed by atoms with Gasteiger partial charge in [-0.25, -0.2) is 4.99 Å². The van der Waals surface area contributed by atoms with Gasteiger partial charge in [0.25, 0.3) is 0 Å². The van der Waals surface area contributed by atoms with Gasteiger partial charge in [-0.3, -0.25) is 0 Å². The first-order valence-corrected chi connectivity index (χ1v) is 2.77. The Morgan fingerprint density at radius 3 is 2.25 bits per heavy atom. The second kappa shape index (κ2) is 1.47. The van der Waals surface area contributed by atoms with Crippen LogP contribution in [0, 0.1) is 0 Å². The molecule has 0 fully saturated rings. The molecule has 1 rings (SSSR count).